The summed E-state index contributed by atoms with van der Waals surface area (Å²) in [5.74, 6) is -0.244. The minimum absolute atomic E-state index is 0. The summed E-state index contributed by atoms with van der Waals surface area (Å²) in [7, 11) is 2.13. The number of nitrogens with two attached hydrogens (primary N) is 1. The fourth-order valence-corrected chi connectivity index (χ4v) is 2.33. The van der Waals surface area contributed by atoms with Gasteiger partial charge in [0.05, 0.1) is 38.9 Å². The summed E-state index contributed by atoms with van der Waals surface area (Å²) in [5.41, 5.74) is 6.64. The number of likely N-dealkylation sites (N-methyl/N-ethyl adjacent to an activating group) is 1. The van der Waals surface area contributed by atoms with Crippen LogP contribution in [0.1, 0.15) is 0 Å². The topological polar surface area (TPSA) is 29.3 Å². The molecule has 1 aliphatic heterocycles. The van der Waals surface area contributed by atoms with Crippen LogP contribution >= 0.6 is 11.6 Å². The van der Waals surface area contributed by atoms with Crippen LogP contribution in [0.4, 0.5) is 15.8 Å². The van der Waals surface area contributed by atoms with Crippen molar-refractivity contribution in [1.82, 2.24) is 0 Å². The van der Waals surface area contributed by atoms with Gasteiger partial charge in [0.2, 0.25) is 0 Å². The van der Waals surface area contributed by atoms with Gasteiger partial charge in [-0.2, -0.15) is 0 Å². The predicted molar refractivity (Wildman–Crippen MR) is 69.7 cm³/mol. The largest absolute Gasteiger partial charge is 1.00 e. The van der Waals surface area contributed by atoms with E-state index in [0.717, 1.165) is 30.7 Å². The number of hydrogen-bond donors (Lipinski definition) is 1. The molecule has 0 amide bonds. The molecule has 2 rings (SSSR count). The van der Waals surface area contributed by atoms with E-state index in [1.807, 2.05) is 0 Å². The molecule has 1 aromatic rings. The molecule has 0 spiro atoms. The lowest BCUT2D eigenvalue weighted by Crippen LogP contribution is -3.00. The zero-order valence-electron chi connectivity index (χ0n) is 10.4. The zero-order valence-corrected chi connectivity index (χ0v) is 11.9. The number of alkyl halides is 1. The Morgan fingerprint density at radius 2 is 2.00 bits per heavy atom. The summed E-state index contributed by atoms with van der Waals surface area (Å²) < 4.78 is 14.6. The van der Waals surface area contributed by atoms with Crippen molar-refractivity contribution in [2.24, 2.45) is 0 Å². The van der Waals surface area contributed by atoms with E-state index in [1.165, 1.54) is 6.07 Å². The molecule has 2 N–H and O–H groups in total. The lowest BCUT2D eigenvalue weighted by Gasteiger charge is -2.41. The van der Waals surface area contributed by atoms with Gasteiger partial charge in [0.1, 0.15) is 5.82 Å². The highest BCUT2D eigenvalue weighted by Gasteiger charge is 2.28. The van der Waals surface area contributed by atoms with Crippen molar-refractivity contribution >= 4 is 23.0 Å². The number of quaternary nitrogens is 1. The highest BCUT2D eigenvalue weighted by atomic mass is 35.5. The molecule has 6 heteroatoms. The smallest absolute Gasteiger partial charge is 0.154 e. The molecule has 0 bridgehead atoms. The van der Waals surface area contributed by atoms with Gasteiger partial charge in [0, 0.05) is 5.69 Å². The van der Waals surface area contributed by atoms with Gasteiger partial charge < -0.3 is 27.5 Å². The van der Waals surface area contributed by atoms with Gasteiger partial charge in [-0.3, -0.25) is 0 Å². The van der Waals surface area contributed by atoms with Crippen molar-refractivity contribution in [1.29, 1.82) is 0 Å². The molecule has 0 saturated carbocycles. The first-order valence-corrected chi connectivity index (χ1v) is 6.27. The van der Waals surface area contributed by atoms with Gasteiger partial charge in [0.15, 0.2) is 6.00 Å². The predicted octanol–water partition coefficient (Wildman–Crippen LogP) is -1.13. The normalized spacial score (nSPS) is 18.3. The Kier molecular flexibility index (Phi) is 5.08. The lowest BCUT2D eigenvalue weighted by atomic mass is 10.2. The van der Waals surface area contributed by atoms with Crippen LogP contribution in [0.25, 0.3) is 0 Å². The maximum atomic E-state index is 13.8. The molecule has 1 fully saturated rings. The Balaban J connectivity index is 0.00000162. The fourth-order valence-electron chi connectivity index (χ4n) is 2.09. The molecule has 3 nitrogen and oxygen atoms in total. The van der Waals surface area contributed by atoms with E-state index in [0.29, 0.717) is 17.4 Å². The average molecular weight is 294 g/mol. The highest BCUT2D eigenvalue weighted by molar-refractivity contribution is 6.16. The maximum Gasteiger partial charge on any atom is 0.154 e. The second-order valence-corrected chi connectivity index (χ2v) is 5.12. The van der Waals surface area contributed by atoms with Crippen LogP contribution in [-0.4, -0.2) is 43.7 Å². The molecule has 0 aromatic heterocycles. The molecule has 1 saturated heterocycles. The maximum absolute atomic E-state index is 13.8. The Hall–Kier alpha value is -0.710. The fraction of sp³-hybridized carbons (Fsp3) is 0.500. The van der Waals surface area contributed by atoms with Crippen LogP contribution in [-0.2, 0) is 0 Å². The van der Waals surface area contributed by atoms with Crippen molar-refractivity contribution in [2.75, 3.05) is 49.9 Å². The second kappa shape index (κ2) is 5.95. The molecule has 0 atom stereocenters. The zero-order chi connectivity index (χ0) is 12.5. The summed E-state index contributed by atoms with van der Waals surface area (Å²) in [6.45, 7) is 3.52. The Morgan fingerprint density at radius 1 is 1.39 bits per heavy atom. The van der Waals surface area contributed by atoms with E-state index in [4.69, 9.17) is 17.3 Å². The van der Waals surface area contributed by atoms with Crippen LogP contribution in [0.15, 0.2) is 18.2 Å². The third-order valence-electron chi connectivity index (χ3n) is 3.42. The third-order valence-corrected chi connectivity index (χ3v) is 4.00. The van der Waals surface area contributed by atoms with Crippen LogP contribution in [0.2, 0.25) is 0 Å². The van der Waals surface area contributed by atoms with Gasteiger partial charge in [0.25, 0.3) is 0 Å². The lowest BCUT2D eigenvalue weighted by molar-refractivity contribution is -0.899. The number of benzene rings is 1. The first-order chi connectivity index (χ1) is 8.04. The van der Waals surface area contributed by atoms with E-state index in [1.54, 1.807) is 12.1 Å². The Bertz CT molecular complexity index is 406. The van der Waals surface area contributed by atoms with Crippen molar-refractivity contribution in [2.45, 2.75) is 0 Å². The van der Waals surface area contributed by atoms with E-state index in [-0.39, 0.29) is 18.2 Å². The Labute approximate surface area is 118 Å². The molecule has 1 aliphatic rings. The number of anilines is 2. The van der Waals surface area contributed by atoms with Crippen molar-refractivity contribution in [3.8, 4) is 0 Å². The molecule has 0 aliphatic carbocycles. The SMILES string of the molecule is C[N+]1(CCl)CCN(c2ccc(N)cc2F)CC1.[Cl-]. The standard InChI is InChI=1S/C12H18ClFN3.ClH/c1-17(9-13)6-4-16(5-7-17)12-3-2-10(15)8-11(12)14;/h2-3,8H,4-7,9,15H2,1H3;1H/q+1;/p-1. The van der Waals surface area contributed by atoms with Gasteiger partial charge in [-0.1, -0.05) is 11.6 Å². The van der Waals surface area contributed by atoms with Crippen LogP contribution in [0.3, 0.4) is 0 Å². The molecular weight excluding hydrogens is 276 g/mol. The molecule has 0 radical (unpaired) electrons. The van der Waals surface area contributed by atoms with E-state index in [9.17, 15) is 4.39 Å². The molecular formula is C12H18Cl2FN3. The van der Waals surface area contributed by atoms with E-state index in [2.05, 4.69) is 11.9 Å². The van der Waals surface area contributed by atoms with E-state index >= 15 is 0 Å². The summed E-state index contributed by atoms with van der Waals surface area (Å²) in [6.07, 6.45) is 0. The molecule has 18 heavy (non-hydrogen) atoms. The molecule has 1 aromatic carbocycles. The van der Waals surface area contributed by atoms with E-state index < -0.39 is 0 Å². The summed E-state index contributed by atoms with van der Waals surface area (Å²) >= 11 is 5.93. The van der Waals surface area contributed by atoms with Crippen molar-refractivity contribution < 1.29 is 21.3 Å². The minimum atomic E-state index is -0.244. The molecule has 102 valence electrons. The number of rotatable bonds is 2. The van der Waals surface area contributed by atoms with Gasteiger partial charge in [-0.15, -0.1) is 0 Å². The summed E-state index contributed by atoms with van der Waals surface area (Å²) in [5, 5.41) is 0. The second-order valence-electron chi connectivity index (χ2n) is 4.88. The van der Waals surface area contributed by atoms with Crippen LogP contribution < -0.4 is 23.0 Å². The highest BCUT2D eigenvalue weighted by Crippen LogP contribution is 2.24. The van der Waals surface area contributed by atoms with Crippen LogP contribution in [0.5, 0.6) is 0 Å². The van der Waals surface area contributed by atoms with Crippen LogP contribution in [0, 0.1) is 5.82 Å². The average Bonchev–Trinajstić information content (AvgIpc) is 2.31. The molecule has 0 unspecified atom stereocenters. The summed E-state index contributed by atoms with van der Waals surface area (Å²) in [6, 6.07) is 5.47. The van der Waals surface area contributed by atoms with Crippen molar-refractivity contribution in [3.63, 3.8) is 0 Å². The Morgan fingerprint density at radius 3 is 2.50 bits per heavy atom. The number of piperazine rings is 1. The molecule has 1 heterocycles. The number of nitrogen functional groups attached to an aromatic ring is 1. The quantitative estimate of drug-likeness (QED) is 0.324. The van der Waals surface area contributed by atoms with Crippen molar-refractivity contribution in [3.05, 3.63) is 24.0 Å². The first kappa shape index (κ1) is 15.3. The number of hydrogen-bond acceptors (Lipinski definition) is 2. The van der Waals surface area contributed by atoms with Gasteiger partial charge >= 0.3 is 0 Å². The number of halogens is 3. The van der Waals surface area contributed by atoms with Gasteiger partial charge in [-0.25, -0.2) is 4.39 Å². The summed E-state index contributed by atoms with van der Waals surface area (Å²) in [4.78, 5) is 2.06. The van der Waals surface area contributed by atoms with Gasteiger partial charge in [-0.05, 0) is 18.2 Å². The minimum Gasteiger partial charge on any atom is -1.00 e. The first-order valence-electron chi connectivity index (χ1n) is 5.73. The monoisotopic (exact) mass is 293 g/mol. The third kappa shape index (κ3) is 3.19. The number of nitrogens with zero attached hydrogens (tertiary/aromatic N) is 2.